The van der Waals surface area contributed by atoms with E-state index in [1.165, 1.54) is 0 Å². The fourth-order valence-corrected chi connectivity index (χ4v) is 2.50. The lowest BCUT2D eigenvalue weighted by Gasteiger charge is -2.20. The summed E-state index contributed by atoms with van der Waals surface area (Å²) in [5, 5.41) is 3.36. The highest BCUT2D eigenvalue weighted by molar-refractivity contribution is 7.98. The number of nitrogen functional groups attached to an aromatic ring is 1. The van der Waals surface area contributed by atoms with Crippen LogP contribution in [-0.2, 0) is 4.74 Å². The summed E-state index contributed by atoms with van der Waals surface area (Å²) < 4.78 is 5.06. The van der Waals surface area contributed by atoms with Gasteiger partial charge in [-0.2, -0.15) is 11.8 Å². The number of rotatable bonds is 7. The molecule has 0 radical (unpaired) electrons. The standard InChI is InChI=1S/C14H22N2O2S/c1-4-10(9-19-3)16-13-11(14(17)18-5-2)7-6-8-12(13)15/h6-8,10,16H,4-5,9,15H2,1-3H3. The number of benzene rings is 1. The largest absolute Gasteiger partial charge is 0.462 e. The van der Waals surface area contributed by atoms with Crippen molar-refractivity contribution < 1.29 is 9.53 Å². The molecule has 0 aliphatic rings. The van der Waals surface area contributed by atoms with Gasteiger partial charge < -0.3 is 15.8 Å². The first-order valence-electron chi connectivity index (χ1n) is 6.45. The predicted molar refractivity (Wildman–Crippen MR) is 82.9 cm³/mol. The first-order valence-corrected chi connectivity index (χ1v) is 7.84. The van der Waals surface area contributed by atoms with Crippen LogP contribution in [0, 0.1) is 0 Å². The van der Waals surface area contributed by atoms with Gasteiger partial charge in [0.05, 0.1) is 23.5 Å². The Morgan fingerprint density at radius 3 is 2.79 bits per heavy atom. The van der Waals surface area contributed by atoms with Crippen molar-refractivity contribution >= 4 is 29.1 Å². The minimum absolute atomic E-state index is 0.285. The van der Waals surface area contributed by atoms with Crippen molar-refractivity contribution in [2.75, 3.05) is 29.7 Å². The van der Waals surface area contributed by atoms with E-state index in [1.54, 1.807) is 36.9 Å². The van der Waals surface area contributed by atoms with E-state index >= 15 is 0 Å². The highest BCUT2D eigenvalue weighted by Gasteiger charge is 2.17. The van der Waals surface area contributed by atoms with Crippen molar-refractivity contribution in [3.63, 3.8) is 0 Å². The monoisotopic (exact) mass is 282 g/mol. The number of thioether (sulfide) groups is 1. The number of nitrogens with two attached hydrogens (primary N) is 1. The van der Waals surface area contributed by atoms with E-state index in [0.29, 0.717) is 23.5 Å². The Morgan fingerprint density at radius 2 is 2.21 bits per heavy atom. The third kappa shape index (κ3) is 4.35. The molecule has 0 saturated carbocycles. The summed E-state index contributed by atoms with van der Waals surface area (Å²) in [4.78, 5) is 11.9. The smallest absolute Gasteiger partial charge is 0.340 e. The molecule has 0 spiro atoms. The second kappa shape index (κ2) is 7.94. The van der Waals surface area contributed by atoms with Gasteiger partial charge in [-0.1, -0.05) is 13.0 Å². The molecular formula is C14H22N2O2S. The van der Waals surface area contributed by atoms with Gasteiger partial charge in [-0.25, -0.2) is 4.79 Å². The van der Waals surface area contributed by atoms with Gasteiger partial charge in [-0.15, -0.1) is 0 Å². The Hall–Kier alpha value is -1.36. The Morgan fingerprint density at radius 1 is 1.47 bits per heavy atom. The number of nitrogens with one attached hydrogen (secondary N) is 1. The topological polar surface area (TPSA) is 64.3 Å². The number of ether oxygens (including phenoxy) is 1. The van der Waals surface area contributed by atoms with E-state index in [0.717, 1.165) is 12.2 Å². The number of anilines is 2. The van der Waals surface area contributed by atoms with Crippen molar-refractivity contribution in [3.05, 3.63) is 23.8 Å². The molecule has 0 fully saturated rings. The Balaban J connectivity index is 3.00. The van der Waals surface area contributed by atoms with Crippen molar-refractivity contribution in [2.24, 2.45) is 0 Å². The van der Waals surface area contributed by atoms with Crippen molar-refractivity contribution in [1.29, 1.82) is 0 Å². The predicted octanol–water partition coefficient (Wildman–Crippen LogP) is 3.00. The van der Waals surface area contributed by atoms with E-state index in [4.69, 9.17) is 10.5 Å². The normalized spacial score (nSPS) is 11.9. The summed E-state index contributed by atoms with van der Waals surface area (Å²) >= 11 is 1.76. The maximum absolute atomic E-state index is 11.9. The maximum Gasteiger partial charge on any atom is 0.340 e. The molecular weight excluding hydrogens is 260 g/mol. The second-order valence-corrected chi connectivity index (χ2v) is 5.11. The fraction of sp³-hybridized carbons (Fsp3) is 0.500. The lowest BCUT2D eigenvalue weighted by Crippen LogP contribution is -2.23. The molecule has 1 rings (SSSR count). The van der Waals surface area contributed by atoms with Crippen LogP contribution in [0.25, 0.3) is 0 Å². The molecule has 4 nitrogen and oxygen atoms in total. The Bertz CT molecular complexity index is 424. The molecule has 1 atom stereocenters. The Labute approximate surface area is 119 Å². The van der Waals surface area contributed by atoms with Gasteiger partial charge in [0, 0.05) is 11.8 Å². The van der Waals surface area contributed by atoms with Gasteiger partial charge in [0.15, 0.2) is 0 Å². The summed E-state index contributed by atoms with van der Waals surface area (Å²) in [6.45, 7) is 4.26. The third-order valence-corrected chi connectivity index (χ3v) is 3.54. The number of carbonyl (C=O) groups is 1. The molecule has 0 aliphatic carbocycles. The van der Waals surface area contributed by atoms with Crippen LogP contribution >= 0.6 is 11.8 Å². The van der Waals surface area contributed by atoms with Crippen LogP contribution in [0.4, 0.5) is 11.4 Å². The third-order valence-electron chi connectivity index (χ3n) is 2.80. The van der Waals surface area contributed by atoms with Crippen molar-refractivity contribution in [2.45, 2.75) is 26.3 Å². The second-order valence-electron chi connectivity index (χ2n) is 4.20. The van der Waals surface area contributed by atoms with Crippen LogP contribution in [0.1, 0.15) is 30.6 Å². The molecule has 1 unspecified atom stereocenters. The minimum Gasteiger partial charge on any atom is -0.462 e. The molecule has 0 heterocycles. The number of hydrogen-bond donors (Lipinski definition) is 2. The first kappa shape index (κ1) is 15.7. The molecule has 0 aromatic heterocycles. The van der Waals surface area contributed by atoms with E-state index in [2.05, 4.69) is 18.5 Å². The first-order chi connectivity index (χ1) is 9.13. The van der Waals surface area contributed by atoms with E-state index in [1.807, 2.05) is 0 Å². The average molecular weight is 282 g/mol. The highest BCUT2D eigenvalue weighted by Crippen LogP contribution is 2.26. The molecule has 0 amide bonds. The molecule has 0 saturated heterocycles. The van der Waals surface area contributed by atoms with Gasteiger partial charge in [0.1, 0.15) is 0 Å². The van der Waals surface area contributed by atoms with Gasteiger partial charge in [-0.3, -0.25) is 0 Å². The van der Waals surface area contributed by atoms with Crippen LogP contribution < -0.4 is 11.1 Å². The van der Waals surface area contributed by atoms with Crippen molar-refractivity contribution in [1.82, 2.24) is 0 Å². The van der Waals surface area contributed by atoms with Gasteiger partial charge in [-0.05, 0) is 31.7 Å². The van der Waals surface area contributed by atoms with Crippen molar-refractivity contribution in [3.8, 4) is 0 Å². The van der Waals surface area contributed by atoms with Crippen LogP contribution in [0.15, 0.2) is 18.2 Å². The quantitative estimate of drug-likeness (QED) is 0.594. The van der Waals surface area contributed by atoms with Crippen LogP contribution in [-0.4, -0.2) is 30.6 Å². The number of esters is 1. The highest BCUT2D eigenvalue weighted by atomic mass is 32.2. The molecule has 1 aromatic rings. The molecule has 3 N–H and O–H groups in total. The molecule has 0 bridgehead atoms. The lowest BCUT2D eigenvalue weighted by molar-refractivity contribution is 0.0527. The molecule has 5 heteroatoms. The number of hydrogen-bond acceptors (Lipinski definition) is 5. The van der Waals surface area contributed by atoms with E-state index in [-0.39, 0.29) is 12.0 Å². The SMILES string of the molecule is CCOC(=O)c1cccc(N)c1NC(CC)CSC. The van der Waals surface area contributed by atoms with Crippen LogP contribution in [0.2, 0.25) is 0 Å². The molecule has 19 heavy (non-hydrogen) atoms. The Kier molecular flexibility index (Phi) is 6.56. The minimum atomic E-state index is -0.337. The van der Waals surface area contributed by atoms with E-state index in [9.17, 15) is 4.79 Å². The summed E-state index contributed by atoms with van der Waals surface area (Å²) in [6, 6.07) is 5.58. The van der Waals surface area contributed by atoms with E-state index < -0.39 is 0 Å². The van der Waals surface area contributed by atoms with Gasteiger partial charge in [0.25, 0.3) is 0 Å². The zero-order chi connectivity index (χ0) is 14.3. The zero-order valence-electron chi connectivity index (χ0n) is 11.7. The molecule has 0 aliphatic heterocycles. The maximum atomic E-state index is 11.9. The molecule has 1 aromatic carbocycles. The van der Waals surface area contributed by atoms with Gasteiger partial charge >= 0.3 is 5.97 Å². The summed E-state index contributed by atoms with van der Waals surface area (Å²) in [7, 11) is 0. The molecule has 106 valence electrons. The summed E-state index contributed by atoms with van der Waals surface area (Å²) in [6.07, 6.45) is 3.03. The fourth-order valence-electron chi connectivity index (χ4n) is 1.78. The van der Waals surface area contributed by atoms with Gasteiger partial charge in [0.2, 0.25) is 0 Å². The van der Waals surface area contributed by atoms with Crippen LogP contribution in [0.3, 0.4) is 0 Å². The zero-order valence-corrected chi connectivity index (χ0v) is 12.5. The average Bonchev–Trinajstić information content (AvgIpc) is 2.40. The number of carbonyl (C=O) groups excluding carboxylic acids is 1. The lowest BCUT2D eigenvalue weighted by atomic mass is 10.1. The van der Waals surface area contributed by atoms with Crippen LogP contribution in [0.5, 0.6) is 0 Å². The summed E-state index contributed by atoms with van der Waals surface area (Å²) in [5.41, 5.74) is 7.74. The number of para-hydroxylation sites is 1. The summed E-state index contributed by atoms with van der Waals surface area (Å²) in [5.74, 6) is 0.629.